The molecule has 6 nitrogen and oxygen atoms in total. The van der Waals surface area contributed by atoms with Crippen molar-refractivity contribution >= 4 is 35.6 Å². The van der Waals surface area contributed by atoms with Crippen molar-refractivity contribution in [3.63, 3.8) is 0 Å². The normalized spacial score (nSPS) is 10.7. The van der Waals surface area contributed by atoms with Crippen molar-refractivity contribution < 1.29 is 9.47 Å². The first-order valence-electron chi connectivity index (χ1n) is 9.59. The number of hydrogen-bond donors (Lipinski definition) is 2. The van der Waals surface area contributed by atoms with E-state index >= 15 is 0 Å². The average molecular weight is 512 g/mol. The fourth-order valence-electron chi connectivity index (χ4n) is 2.92. The van der Waals surface area contributed by atoms with Gasteiger partial charge in [0.25, 0.3) is 0 Å². The molecular weight excluding hydrogens is 479 g/mol. The van der Waals surface area contributed by atoms with Crippen LogP contribution in [-0.4, -0.2) is 53.9 Å². The second kappa shape index (κ2) is 13.9. The Balaban J connectivity index is 0.00000420. The molecule has 0 saturated heterocycles. The van der Waals surface area contributed by atoms with Gasteiger partial charge in [0, 0.05) is 39.4 Å². The Labute approximate surface area is 191 Å². The maximum absolute atomic E-state index is 5.36. The fourth-order valence-corrected chi connectivity index (χ4v) is 2.92. The highest BCUT2D eigenvalue weighted by atomic mass is 127. The monoisotopic (exact) mass is 512 g/mol. The Kier molecular flexibility index (Phi) is 11.9. The Hall–Kier alpha value is -2.16. The minimum absolute atomic E-state index is 0. The van der Waals surface area contributed by atoms with Gasteiger partial charge in [-0.25, -0.2) is 0 Å². The number of halogens is 1. The molecule has 2 aromatic rings. The van der Waals surface area contributed by atoms with Gasteiger partial charge in [0.1, 0.15) is 0 Å². The summed E-state index contributed by atoms with van der Waals surface area (Å²) < 4.78 is 10.6. The molecule has 0 bridgehead atoms. The maximum Gasteiger partial charge on any atom is 0.190 e. The van der Waals surface area contributed by atoms with Crippen molar-refractivity contribution in [2.75, 3.05) is 52.8 Å². The van der Waals surface area contributed by atoms with E-state index in [1.807, 2.05) is 18.2 Å². The molecule has 29 heavy (non-hydrogen) atoms. The summed E-state index contributed by atoms with van der Waals surface area (Å²) in [6.07, 6.45) is 1.90. The van der Waals surface area contributed by atoms with Gasteiger partial charge in [0.05, 0.1) is 14.2 Å². The third-order valence-electron chi connectivity index (χ3n) is 4.54. The van der Waals surface area contributed by atoms with Crippen LogP contribution in [0.2, 0.25) is 0 Å². The summed E-state index contributed by atoms with van der Waals surface area (Å²) in [5.41, 5.74) is 2.42. The van der Waals surface area contributed by atoms with E-state index in [9.17, 15) is 0 Å². The second-order valence-electron chi connectivity index (χ2n) is 6.48. The molecule has 160 valence electrons. The third kappa shape index (κ3) is 8.39. The van der Waals surface area contributed by atoms with E-state index in [2.05, 4.69) is 57.9 Å². The van der Waals surface area contributed by atoms with Crippen molar-refractivity contribution in [3.8, 4) is 11.5 Å². The molecule has 0 heterocycles. The molecule has 7 heteroatoms. The van der Waals surface area contributed by atoms with Gasteiger partial charge < -0.3 is 25.0 Å². The van der Waals surface area contributed by atoms with Crippen LogP contribution in [0.3, 0.4) is 0 Å². The first-order valence-corrected chi connectivity index (χ1v) is 9.59. The highest BCUT2D eigenvalue weighted by Crippen LogP contribution is 2.27. The predicted molar refractivity (Wildman–Crippen MR) is 132 cm³/mol. The van der Waals surface area contributed by atoms with Crippen molar-refractivity contribution in [1.82, 2.24) is 10.6 Å². The molecule has 0 fully saturated rings. The zero-order valence-electron chi connectivity index (χ0n) is 17.8. The zero-order valence-corrected chi connectivity index (χ0v) is 20.1. The van der Waals surface area contributed by atoms with Crippen LogP contribution < -0.4 is 25.0 Å². The van der Waals surface area contributed by atoms with Gasteiger partial charge in [0.2, 0.25) is 0 Å². The van der Waals surface area contributed by atoms with Crippen LogP contribution in [0.25, 0.3) is 0 Å². The highest BCUT2D eigenvalue weighted by Gasteiger charge is 2.05. The van der Waals surface area contributed by atoms with E-state index in [1.165, 1.54) is 11.3 Å². The van der Waals surface area contributed by atoms with Crippen molar-refractivity contribution in [2.45, 2.75) is 12.8 Å². The van der Waals surface area contributed by atoms with Crippen LogP contribution in [0.1, 0.15) is 12.0 Å². The van der Waals surface area contributed by atoms with Crippen molar-refractivity contribution in [3.05, 3.63) is 54.1 Å². The molecule has 0 aromatic heterocycles. The van der Waals surface area contributed by atoms with Crippen LogP contribution in [-0.2, 0) is 6.42 Å². The van der Waals surface area contributed by atoms with E-state index in [0.717, 1.165) is 49.9 Å². The van der Waals surface area contributed by atoms with Gasteiger partial charge in [0.15, 0.2) is 17.5 Å². The molecular formula is C22H33IN4O2. The number of methoxy groups -OCH3 is 2. The molecule has 0 spiro atoms. The topological polar surface area (TPSA) is 58.1 Å². The molecule has 2 N–H and O–H groups in total. The molecule has 0 amide bonds. The molecule has 0 aliphatic carbocycles. The summed E-state index contributed by atoms with van der Waals surface area (Å²) in [5.74, 6) is 2.32. The summed E-state index contributed by atoms with van der Waals surface area (Å²) in [6.45, 7) is 2.64. The lowest BCUT2D eigenvalue weighted by Gasteiger charge is -2.19. The Morgan fingerprint density at radius 1 is 0.966 bits per heavy atom. The molecule has 0 atom stereocenters. The number of ether oxygens (including phenoxy) is 2. The molecule has 0 saturated carbocycles. The Morgan fingerprint density at radius 3 is 2.31 bits per heavy atom. The highest BCUT2D eigenvalue weighted by molar-refractivity contribution is 14.0. The number of nitrogens with one attached hydrogen (secondary N) is 2. The summed E-state index contributed by atoms with van der Waals surface area (Å²) in [5, 5.41) is 6.73. The molecule has 0 radical (unpaired) electrons. The maximum atomic E-state index is 5.36. The average Bonchev–Trinajstić information content (AvgIpc) is 2.75. The standard InChI is InChI=1S/C22H32N4O2.HI/c1-23-22(24-14-8-16-26(2)19-9-6-5-7-10-19)25-15-13-18-11-12-20(27-3)21(17-18)28-4;/h5-7,9-12,17H,8,13-16H2,1-4H3,(H2,23,24,25);1H. The van der Waals surface area contributed by atoms with Gasteiger partial charge in [-0.05, 0) is 42.7 Å². The molecule has 2 aromatic carbocycles. The Morgan fingerprint density at radius 2 is 1.66 bits per heavy atom. The number of guanidine groups is 1. The van der Waals surface area contributed by atoms with Crippen LogP contribution in [0.5, 0.6) is 11.5 Å². The van der Waals surface area contributed by atoms with E-state index in [1.54, 1.807) is 21.3 Å². The minimum Gasteiger partial charge on any atom is -0.493 e. The van der Waals surface area contributed by atoms with Crippen LogP contribution in [0.4, 0.5) is 5.69 Å². The third-order valence-corrected chi connectivity index (χ3v) is 4.54. The van der Waals surface area contributed by atoms with Gasteiger partial charge in [-0.2, -0.15) is 0 Å². The first-order chi connectivity index (χ1) is 13.7. The molecule has 0 unspecified atom stereocenters. The largest absolute Gasteiger partial charge is 0.493 e. The summed E-state index contributed by atoms with van der Waals surface area (Å²) in [4.78, 5) is 6.55. The molecule has 2 rings (SSSR count). The van der Waals surface area contributed by atoms with E-state index in [-0.39, 0.29) is 24.0 Å². The van der Waals surface area contributed by atoms with Crippen LogP contribution >= 0.6 is 24.0 Å². The van der Waals surface area contributed by atoms with Gasteiger partial charge >= 0.3 is 0 Å². The second-order valence-corrected chi connectivity index (χ2v) is 6.48. The number of aliphatic imine (C=N–C) groups is 1. The lowest BCUT2D eigenvalue weighted by molar-refractivity contribution is 0.354. The van der Waals surface area contributed by atoms with Gasteiger partial charge in [-0.3, -0.25) is 4.99 Å². The molecule has 0 aliphatic heterocycles. The summed E-state index contributed by atoms with van der Waals surface area (Å²) in [6, 6.07) is 16.4. The lowest BCUT2D eigenvalue weighted by atomic mass is 10.1. The van der Waals surface area contributed by atoms with E-state index < -0.39 is 0 Å². The van der Waals surface area contributed by atoms with E-state index in [4.69, 9.17) is 9.47 Å². The fraction of sp³-hybridized carbons (Fsp3) is 0.409. The van der Waals surface area contributed by atoms with Gasteiger partial charge in [-0.15, -0.1) is 24.0 Å². The molecule has 0 aliphatic rings. The van der Waals surface area contributed by atoms with Crippen molar-refractivity contribution in [1.29, 1.82) is 0 Å². The SMILES string of the molecule is CN=C(NCCCN(C)c1ccccc1)NCCc1ccc(OC)c(OC)c1.I. The number of nitrogens with zero attached hydrogens (tertiary/aromatic N) is 2. The quantitative estimate of drug-likeness (QED) is 0.221. The smallest absolute Gasteiger partial charge is 0.190 e. The number of hydrogen-bond acceptors (Lipinski definition) is 4. The number of anilines is 1. The van der Waals surface area contributed by atoms with Gasteiger partial charge in [-0.1, -0.05) is 24.3 Å². The summed E-state index contributed by atoms with van der Waals surface area (Å²) in [7, 11) is 7.21. The summed E-state index contributed by atoms with van der Waals surface area (Å²) >= 11 is 0. The number of rotatable bonds is 10. The first kappa shape index (κ1) is 24.9. The van der Waals surface area contributed by atoms with Crippen LogP contribution in [0, 0.1) is 0 Å². The minimum atomic E-state index is 0. The van der Waals surface area contributed by atoms with Crippen LogP contribution in [0.15, 0.2) is 53.5 Å². The number of benzene rings is 2. The lowest BCUT2D eigenvalue weighted by Crippen LogP contribution is -2.39. The van der Waals surface area contributed by atoms with Crippen molar-refractivity contribution in [2.24, 2.45) is 4.99 Å². The number of para-hydroxylation sites is 1. The zero-order chi connectivity index (χ0) is 20.2. The predicted octanol–water partition coefficient (Wildman–Crippen LogP) is 3.56. The van der Waals surface area contributed by atoms with E-state index in [0.29, 0.717) is 0 Å². The Bertz CT molecular complexity index is 741.